The number of aryl methyl sites for hydroxylation is 2. The molecule has 0 unspecified atom stereocenters. The number of thiocarbonyl (C=S) groups is 1. The number of hydrogen-bond acceptors (Lipinski definition) is 3. The van der Waals surface area contributed by atoms with E-state index in [1.54, 1.807) is 6.07 Å². The van der Waals surface area contributed by atoms with Crippen molar-refractivity contribution in [2.45, 2.75) is 13.8 Å². The van der Waals surface area contributed by atoms with E-state index < -0.39 is 0 Å². The van der Waals surface area contributed by atoms with Crippen molar-refractivity contribution in [3.05, 3.63) is 51.4 Å². The molecule has 1 aromatic carbocycles. The van der Waals surface area contributed by atoms with Crippen LogP contribution in [0.1, 0.15) is 16.8 Å². The van der Waals surface area contributed by atoms with Gasteiger partial charge in [-0.3, -0.25) is 0 Å². The lowest BCUT2D eigenvalue weighted by Crippen LogP contribution is -2.13. The Morgan fingerprint density at radius 2 is 2.05 bits per heavy atom. The zero-order chi connectivity index (χ0) is 14.9. The Bertz CT molecular complexity index is 688. The van der Waals surface area contributed by atoms with Crippen LogP contribution < -0.4 is 11.1 Å². The van der Waals surface area contributed by atoms with Crippen molar-refractivity contribution in [3.63, 3.8) is 0 Å². The van der Waals surface area contributed by atoms with E-state index in [1.165, 1.54) is 6.07 Å². The van der Waals surface area contributed by atoms with Gasteiger partial charge in [0, 0.05) is 11.4 Å². The van der Waals surface area contributed by atoms with E-state index in [2.05, 4.69) is 26.2 Å². The summed E-state index contributed by atoms with van der Waals surface area (Å²) >= 11 is 8.19. The molecule has 2 aromatic rings. The maximum atomic E-state index is 13.4. The highest BCUT2D eigenvalue weighted by molar-refractivity contribution is 9.10. The highest BCUT2D eigenvalue weighted by Gasteiger charge is 2.11. The molecule has 1 aromatic heterocycles. The lowest BCUT2D eigenvalue weighted by molar-refractivity contribution is 0.620. The molecule has 0 amide bonds. The molecule has 0 radical (unpaired) electrons. The first kappa shape index (κ1) is 14.9. The van der Waals surface area contributed by atoms with Crippen LogP contribution in [0.25, 0.3) is 0 Å². The lowest BCUT2D eigenvalue weighted by Gasteiger charge is -2.13. The molecule has 0 aliphatic rings. The van der Waals surface area contributed by atoms with E-state index in [-0.39, 0.29) is 10.8 Å². The lowest BCUT2D eigenvalue weighted by atomic mass is 10.1. The Hall–Kier alpha value is -1.53. The van der Waals surface area contributed by atoms with Crippen molar-refractivity contribution in [3.8, 4) is 0 Å². The maximum absolute atomic E-state index is 13.4. The summed E-state index contributed by atoms with van der Waals surface area (Å²) in [4.78, 5) is 4.66. The van der Waals surface area contributed by atoms with Crippen LogP contribution in [0.4, 0.5) is 15.9 Å². The molecule has 0 aliphatic carbocycles. The highest BCUT2D eigenvalue weighted by Crippen LogP contribution is 2.27. The van der Waals surface area contributed by atoms with Crippen molar-refractivity contribution in [2.24, 2.45) is 5.73 Å². The number of nitrogens with one attached hydrogen (secondary N) is 1. The van der Waals surface area contributed by atoms with Gasteiger partial charge < -0.3 is 11.1 Å². The largest absolute Gasteiger partial charge is 0.389 e. The summed E-state index contributed by atoms with van der Waals surface area (Å²) in [6.07, 6.45) is 0. The number of anilines is 2. The fourth-order valence-electron chi connectivity index (χ4n) is 1.76. The molecule has 0 saturated heterocycles. The Balaban J connectivity index is 2.47. The van der Waals surface area contributed by atoms with E-state index in [0.29, 0.717) is 15.9 Å². The summed E-state index contributed by atoms with van der Waals surface area (Å²) in [7, 11) is 0. The molecule has 0 spiro atoms. The number of halogens is 2. The van der Waals surface area contributed by atoms with Crippen molar-refractivity contribution < 1.29 is 4.39 Å². The fourth-order valence-corrected chi connectivity index (χ4v) is 2.27. The number of nitrogens with zero attached hydrogens (tertiary/aromatic N) is 1. The molecular weight excluding hydrogens is 341 g/mol. The molecular formula is C14H13BrFN3S. The molecule has 0 saturated carbocycles. The van der Waals surface area contributed by atoms with Gasteiger partial charge in [-0.25, -0.2) is 9.37 Å². The molecule has 3 nitrogen and oxygen atoms in total. The van der Waals surface area contributed by atoms with Crippen molar-refractivity contribution >= 4 is 44.6 Å². The first-order valence-corrected chi connectivity index (χ1v) is 7.08. The molecule has 104 valence electrons. The zero-order valence-electron chi connectivity index (χ0n) is 11.0. The first-order valence-electron chi connectivity index (χ1n) is 5.88. The minimum atomic E-state index is -0.306. The van der Waals surface area contributed by atoms with E-state index in [0.717, 1.165) is 16.9 Å². The second-order valence-electron chi connectivity index (χ2n) is 4.42. The summed E-state index contributed by atoms with van der Waals surface area (Å²) < 4.78 is 13.8. The third kappa shape index (κ3) is 3.13. The molecule has 20 heavy (non-hydrogen) atoms. The van der Waals surface area contributed by atoms with E-state index in [9.17, 15) is 4.39 Å². The number of benzene rings is 1. The Morgan fingerprint density at radius 1 is 1.35 bits per heavy atom. The topological polar surface area (TPSA) is 50.9 Å². The fraction of sp³-hybridized carbons (Fsp3) is 0.143. The summed E-state index contributed by atoms with van der Waals surface area (Å²) in [5, 5.41) is 3.16. The Morgan fingerprint density at radius 3 is 2.70 bits per heavy atom. The maximum Gasteiger partial charge on any atom is 0.140 e. The van der Waals surface area contributed by atoms with Crippen LogP contribution in [0.15, 0.2) is 28.7 Å². The van der Waals surface area contributed by atoms with Gasteiger partial charge in [0.2, 0.25) is 0 Å². The van der Waals surface area contributed by atoms with Gasteiger partial charge in [-0.15, -0.1) is 0 Å². The second kappa shape index (κ2) is 5.85. The monoisotopic (exact) mass is 353 g/mol. The zero-order valence-corrected chi connectivity index (χ0v) is 13.4. The highest BCUT2D eigenvalue weighted by atomic mass is 79.9. The van der Waals surface area contributed by atoms with Crippen LogP contribution in [-0.4, -0.2) is 9.97 Å². The number of aromatic nitrogens is 1. The number of nitrogens with two attached hydrogens (primary N) is 1. The van der Waals surface area contributed by atoms with Crippen molar-refractivity contribution in [1.82, 2.24) is 4.98 Å². The molecule has 0 aliphatic heterocycles. The van der Waals surface area contributed by atoms with Crippen LogP contribution in [-0.2, 0) is 0 Å². The molecule has 6 heteroatoms. The van der Waals surface area contributed by atoms with Gasteiger partial charge in [-0.05, 0) is 59.6 Å². The second-order valence-corrected chi connectivity index (χ2v) is 5.71. The summed E-state index contributed by atoms with van der Waals surface area (Å²) in [5.41, 5.74) is 8.70. The van der Waals surface area contributed by atoms with Gasteiger partial charge in [-0.2, -0.15) is 0 Å². The molecule has 0 fully saturated rings. The van der Waals surface area contributed by atoms with E-state index in [1.807, 2.05) is 26.0 Å². The van der Waals surface area contributed by atoms with Gasteiger partial charge in [0.15, 0.2) is 0 Å². The van der Waals surface area contributed by atoms with Gasteiger partial charge >= 0.3 is 0 Å². The quantitative estimate of drug-likeness (QED) is 0.819. The smallest absolute Gasteiger partial charge is 0.140 e. The van der Waals surface area contributed by atoms with Crippen LogP contribution >= 0.6 is 28.1 Å². The average Bonchev–Trinajstić information content (AvgIpc) is 2.35. The van der Waals surface area contributed by atoms with Gasteiger partial charge in [0.25, 0.3) is 0 Å². The number of hydrogen-bond donors (Lipinski definition) is 2. The first-order chi connectivity index (χ1) is 9.38. The van der Waals surface area contributed by atoms with E-state index in [4.69, 9.17) is 18.0 Å². The molecule has 3 N–H and O–H groups in total. The predicted molar refractivity (Wildman–Crippen MR) is 87.0 cm³/mol. The summed E-state index contributed by atoms with van der Waals surface area (Å²) in [6.45, 7) is 3.69. The molecule has 0 bridgehead atoms. The van der Waals surface area contributed by atoms with E-state index >= 15 is 0 Å². The average molecular weight is 354 g/mol. The third-order valence-corrected chi connectivity index (χ3v) is 3.65. The summed E-state index contributed by atoms with van der Waals surface area (Å²) in [5.74, 6) is 0.263. The van der Waals surface area contributed by atoms with Crippen LogP contribution in [0, 0.1) is 19.7 Å². The van der Waals surface area contributed by atoms with Crippen LogP contribution in [0.5, 0.6) is 0 Å². The summed E-state index contributed by atoms with van der Waals surface area (Å²) in [6, 6.07) is 6.77. The molecule has 2 rings (SSSR count). The SMILES string of the molecule is Cc1ccc(C(N)=S)c(Nc2cc(Br)c(F)cc2C)n1. The Labute approximate surface area is 130 Å². The normalized spacial score (nSPS) is 10.4. The third-order valence-electron chi connectivity index (χ3n) is 2.82. The van der Waals surface area contributed by atoms with Crippen LogP contribution in [0.3, 0.4) is 0 Å². The van der Waals surface area contributed by atoms with Gasteiger partial charge in [0.05, 0.1) is 10.0 Å². The molecule has 1 heterocycles. The van der Waals surface area contributed by atoms with Crippen LogP contribution in [0.2, 0.25) is 0 Å². The van der Waals surface area contributed by atoms with Gasteiger partial charge in [0.1, 0.15) is 16.6 Å². The minimum absolute atomic E-state index is 0.263. The standard InChI is InChI=1S/C14H13BrFN3S/c1-7-5-11(16)10(15)6-12(7)19-14-9(13(17)20)4-3-8(2)18-14/h3-6H,1-2H3,(H2,17,20)(H,18,19). The number of pyridine rings is 1. The molecule has 0 atom stereocenters. The van der Waals surface area contributed by atoms with Crippen molar-refractivity contribution in [2.75, 3.05) is 5.32 Å². The predicted octanol–water partition coefficient (Wildman–Crippen LogP) is 3.98. The van der Waals surface area contributed by atoms with Gasteiger partial charge in [-0.1, -0.05) is 12.2 Å². The van der Waals surface area contributed by atoms with Crippen molar-refractivity contribution in [1.29, 1.82) is 0 Å². The minimum Gasteiger partial charge on any atom is -0.389 e. The number of rotatable bonds is 3. The Kier molecular flexibility index (Phi) is 4.35.